The summed E-state index contributed by atoms with van der Waals surface area (Å²) in [5.41, 5.74) is -0.923. The molecule has 1 N–H and O–H groups in total. The molecule has 8 heteroatoms. The minimum absolute atomic E-state index is 0.0621. The lowest BCUT2D eigenvalue weighted by Crippen LogP contribution is -2.43. The van der Waals surface area contributed by atoms with Gasteiger partial charge in [-0.3, -0.25) is 9.69 Å². The Bertz CT molecular complexity index is 766. The Morgan fingerprint density at radius 1 is 1.23 bits per heavy atom. The Labute approximate surface area is 150 Å². The van der Waals surface area contributed by atoms with Gasteiger partial charge >= 0.3 is 12.1 Å². The van der Waals surface area contributed by atoms with Crippen molar-refractivity contribution in [2.75, 3.05) is 13.3 Å². The number of carbonyl (C=O) groups excluding carboxylic acids is 2. The zero-order valence-corrected chi connectivity index (χ0v) is 14.9. The minimum Gasteiger partial charge on any atom is -0.478 e. The molecule has 0 spiro atoms. The SMILES string of the molecule is CC(C)(C)OC(=O)N1CCC[C@H]1C(=O)c1c(C(=O)O)ccc2c1OCO2. The second-order valence-electron chi connectivity index (χ2n) is 7.22. The van der Waals surface area contributed by atoms with E-state index in [4.69, 9.17) is 14.2 Å². The number of fused-ring (bicyclic) bond motifs is 1. The molecule has 1 aromatic carbocycles. The highest BCUT2D eigenvalue weighted by Crippen LogP contribution is 2.39. The van der Waals surface area contributed by atoms with Crippen molar-refractivity contribution in [2.24, 2.45) is 0 Å². The molecular weight excluding hydrogens is 342 g/mol. The lowest BCUT2D eigenvalue weighted by atomic mass is 9.96. The van der Waals surface area contributed by atoms with Gasteiger partial charge in [0.1, 0.15) is 5.60 Å². The lowest BCUT2D eigenvalue weighted by molar-refractivity contribution is 0.0222. The Hall–Kier alpha value is -2.77. The number of Topliss-reactive ketones (excluding diaryl/α,β-unsaturated/α-hetero) is 1. The molecule has 1 amide bonds. The van der Waals surface area contributed by atoms with Crippen LogP contribution in [0.15, 0.2) is 12.1 Å². The molecule has 0 bridgehead atoms. The Balaban J connectivity index is 1.95. The topological polar surface area (TPSA) is 102 Å². The van der Waals surface area contributed by atoms with Crippen molar-refractivity contribution < 1.29 is 33.7 Å². The quantitative estimate of drug-likeness (QED) is 0.824. The number of carboxylic acids is 1. The van der Waals surface area contributed by atoms with E-state index < -0.39 is 29.5 Å². The number of ether oxygens (including phenoxy) is 3. The van der Waals surface area contributed by atoms with E-state index in [1.807, 2.05) is 0 Å². The maximum absolute atomic E-state index is 13.2. The number of hydrogen-bond acceptors (Lipinski definition) is 6. The van der Waals surface area contributed by atoms with E-state index in [1.54, 1.807) is 20.8 Å². The van der Waals surface area contributed by atoms with Gasteiger partial charge in [-0.25, -0.2) is 9.59 Å². The third-order valence-electron chi connectivity index (χ3n) is 4.20. The van der Waals surface area contributed by atoms with Crippen LogP contribution in [-0.2, 0) is 4.74 Å². The normalized spacial score (nSPS) is 18.7. The summed E-state index contributed by atoms with van der Waals surface area (Å²) in [6.07, 6.45) is 0.474. The van der Waals surface area contributed by atoms with Crippen LogP contribution in [-0.4, -0.2) is 52.8 Å². The number of ketones is 1. The molecule has 1 saturated heterocycles. The van der Waals surface area contributed by atoms with Gasteiger partial charge in [-0.2, -0.15) is 0 Å². The highest BCUT2D eigenvalue weighted by Gasteiger charge is 2.40. The van der Waals surface area contributed by atoms with Crippen LogP contribution in [0.4, 0.5) is 4.79 Å². The molecular formula is C18H21NO7. The molecule has 2 heterocycles. The first kappa shape index (κ1) is 18.0. The molecule has 1 fully saturated rings. The first-order chi connectivity index (χ1) is 12.2. The highest BCUT2D eigenvalue weighted by molar-refractivity contribution is 6.11. The zero-order valence-electron chi connectivity index (χ0n) is 14.9. The maximum Gasteiger partial charge on any atom is 0.410 e. The van der Waals surface area contributed by atoms with Gasteiger partial charge in [0.15, 0.2) is 17.3 Å². The van der Waals surface area contributed by atoms with Crippen LogP contribution < -0.4 is 9.47 Å². The highest BCUT2D eigenvalue weighted by atomic mass is 16.7. The second kappa shape index (κ2) is 6.51. The Morgan fingerprint density at radius 3 is 2.62 bits per heavy atom. The van der Waals surface area contributed by atoms with Crippen molar-refractivity contribution in [1.82, 2.24) is 4.90 Å². The van der Waals surface area contributed by atoms with Crippen LogP contribution in [0.1, 0.15) is 54.3 Å². The van der Waals surface area contributed by atoms with E-state index >= 15 is 0 Å². The summed E-state index contributed by atoms with van der Waals surface area (Å²) >= 11 is 0. The third-order valence-corrected chi connectivity index (χ3v) is 4.20. The summed E-state index contributed by atoms with van der Waals surface area (Å²) in [7, 11) is 0. The van der Waals surface area contributed by atoms with Crippen LogP contribution in [0.5, 0.6) is 11.5 Å². The van der Waals surface area contributed by atoms with Crippen molar-refractivity contribution in [3.05, 3.63) is 23.3 Å². The minimum atomic E-state index is -1.24. The number of nitrogens with zero attached hydrogens (tertiary/aromatic N) is 1. The van der Waals surface area contributed by atoms with Gasteiger partial charge in [0, 0.05) is 6.54 Å². The number of aromatic carboxylic acids is 1. The largest absolute Gasteiger partial charge is 0.478 e. The summed E-state index contributed by atoms with van der Waals surface area (Å²) in [4.78, 5) is 38.5. The number of likely N-dealkylation sites (tertiary alicyclic amines) is 1. The van der Waals surface area contributed by atoms with Gasteiger partial charge in [0.25, 0.3) is 0 Å². The molecule has 1 atom stereocenters. The molecule has 2 aliphatic heterocycles. The molecule has 1 aromatic rings. The number of benzene rings is 1. The van der Waals surface area contributed by atoms with Crippen LogP contribution in [0.25, 0.3) is 0 Å². The van der Waals surface area contributed by atoms with Crippen LogP contribution in [0.3, 0.4) is 0 Å². The number of carboxylic acid groups (broad SMARTS) is 1. The first-order valence-corrected chi connectivity index (χ1v) is 8.39. The monoisotopic (exact) mass is 363 g/mol. The third kappa shape index (κ3) is 3.31. The molecule has 0 aromatic heterocycles. The Morgan fingerprint density at radius 2 is 1.96 bits per heavy atom. The first-order valence-electron chi connectivity index (χ1n) is 8.39. The zero-order chi connectivity index (χ0) is 19.1. The molecule has 0 saturated carbocycles. The summed E-state index contributed by atoms with van der Waals surface area (Å²) < 4.78 is 16.0. The van der Waals surface area contributed by atoms with Crippen molar-refractivity contribution in [2.45, 2.75) is 45.3 Å². The fourth-order valence-corrected chi connectivity index (χ4v) is 3.14. The summed E-state index contributed by atoms with van der Waals surface area (Å²) in [5.74, 6) is -1.28. The van der Waals surface area contributed by atoms with E-state index in [9.17, 15) is 19.5 Å². The molecule has 140 valence electrons. The summed E-state index contributed by atoms with van der Waals surface area (Å²) in [6, 6.07) is 1.98. The van der Waals surface area contributed by atoms with Gasteiger partial charge in [0.2, 0.25) is 6.79 Å². The van der Waals surface area contributed by atoms with E-state index in [0.717, 1.165) is 0 Å². The van der Waals surface area contributed by atoms with Crippen LogP contribution >= 0.6 is 0 Å². The maximum atomic E-state index is 13.2. The number of carbonyl (C=O) groups is 3. The number of amides is 1. The molecule has 2 aliphatic rings. The average molecular weight is 363 g/mol. The summed E-state index contributed by atoms with van der Waals surface area (Å²) in [5, 5.41) is 9.46. The average Bonchev–Trinajstić information content (AvgIpc) is 3.20. The van der Waals surface area contributed by atoms with Crippen molar-refractivity contribution in [3.63, 3.8) is 0 Å². The van der Waals surface area contributed by atoms with Gasteiger partial charge in [0.05, 0.1) is 17.2 Å². The smallest absolute Gasteiger partial charge is 0.410 e. The van der Waals surface area contributed by atoms with E-state index in [2.05, 4.69) is 0 Å². The molecule has 3 rings (SSSR count). The van der Waals surface area contributed by atoms with E-state index in [1.165, 1.54) is 17.0 Å². The van der Waals surface area contributed by atoms with Gasteiger partial charge in [-0.1, -0.05) is 0 Å². The molecule has 0 unspecified atom stereocenters. The van der Waals surface area contributed by atoms with Gasteiger partial charge in [-0.15, -0.1) is 0 Å². The van der Waals surface area contributed by atoms with Crippen molar-refractivity contribution >= 4 is 17.8 Å². The number of hydrogen-bond donors (Lipinski definition) is 1. The van der Waals surface area contributed by atoms with E-state index in [0.29, 0.717) is 25.1 Å². The standard InChI is InChI=1S/C18H21NO7/c1-18(2,3)26-17(23)19-8-4-5-11(19)14(20)13-10(16(21)22)6-7-12-15(13)25-9-24-12/h6-7,11H,4-5,8-9H2,1-3H3,(H,21,22)/t11-/m0/s1. The fraction of sp³-hybridized carbons (Fsp3) is 0.500. The lowest BCUT2D eigenvalue weighted by Gasteiger charge is -2.28. The van der Waals surface area contributed by atoms with Gasteiger partial charge in [-0.05, 0) is 45.7 Å². The summed E-state index contributed by atoms with van der Waals surface area (Å²) in [6.45, 7) is 5.53. The van der Waals surface area contributed by atoms with Crippen LogP contribution in [0.2, 0.25) is 0 Å². The van der Waals surface area contributed by atoms with Gasteiger partial charge < -0.3 is 19.3 Å². The molecule has 0 radical (unpaired) electrons. The molecule has 0 aliphatic carbocycles. The molecule has 8 nitrogen and oxygen atoms in total. The number of rotatable bonds is 3. The molecule has 26 heavy (non-hydrogen) atoms. The fourth-order valence-electron chi connectivity index (χ4n) is 3.14. The van der Waals surface area contributed by atoms with E-state index in [-0.39, 0.29) is 23.7 Å². The van der Waals surface area contributed by atoms with Crippen LogP contribution in [0, 0.1) is 0 Å². The Kier molecular flexibility index (Phi) is 4.52. The predicted molar refractivity (Wildman–Crippen MR) is 89.8 cm³/mol. The van der Waals surface area contributed by atoms with Crippen molar-refractivity contribution in [3.8, 4) is 11.5 Å². The van der Waals surface area contributed by atoms with Crippen molar-refractivity contribution in [1.29, 1.82) is 0 Å². The second-order valence-corrected chi connectivity index (χ2v) is 7.22. The predicted octanol–water partition coefficient (Wildman–Crippen LogP) is 2.70.